The minimum atomic E-state index is -1.05. The highest BCUT2D eigenvalue weighted by molar-refractivity contribution is 6.31. The summed E-state index contributed by atoms with van der Waals surface area (Å²) >= 11 is 5.88. The summed E-state index contributed by atoms with van der Waals surface area (Å²) in [4.78, 5) is 19.3. The molecule has 0 aliphatic heterocycles. The second-order valence-electron chi connectivity index (χ2n) is 5.18. The average molecular weight is 343 g/mol. The fourth-order valence-corrected chi connectivity index (χ4v) is 2.42. The van der Waals surface area contributed by atoms with Crippen LogP contribution in [0.3, 0.4) is 0 Å². The number of aromatic amines is 1. The lowest BCUT2D eigenvalue weighted by Gasteiger charge is -2.06. The quantitative estimate of drug-likeness (QED) is 0.547. The number of anilines is 1. The van der Waals surface area contributed by atoms with Crippen LogP contribution in [0.1, 0.15) is 22.1 Å². The van der Waals surface area contributed by atoms with E-state index < -0.39 is 6.23 Å². The smallest absolute Gasteiger partial charge is 0.258 e. The Kier molecular flexibility index (Phi) is 4.61. The Labute approximate surface area is 143 Å². The number of aliphatic hydroxyl groups is 1. The first-order valence-electron chi connectivity index (χ1n) is 7.19. The van der Waals surface area contributed by atoms with Gasteiger partial charge in [-0.05, 0) is 29.8 Å². The largest absolute Gasteiger partial charge is 0.375 e. The van der Waals surface area contributed by atoms with E-state index >= 15 is 0 Å². The first-order valence-corrected chi connectivity index (χ1v) is 7.56. The van der Waals surface area contributed by atoms with Crippen molar-refractivity contribution in [3.8, 4) is 11.3 Å². The van der Waals surface area contributed by atoms with Gasteiger partial charge in [-0.2, -0.15) is 0 Å². The first-order chi connectivity index (χ1) is 11.5. The Balaban J connectivity index is 1.78. The van der Waals surface area contributed by atoms with Gasteiger partial charge in [0.2, 0.25) is 5.95 Å². The Morgan fingerprint density at radius 2 is 2.04 bits per heavy atom. The number of carbonyl (C=O) groups is 1. The predicted molar refractivity (Wildman–Crippen MR) is 92.6 cm³/mol. The number of aromatic nitrogens is 2. The van der Waals surface area contributed by atoms with E-state index in [0.29, 0.717) is 27.8 Å². The van der Waals surface area contributed by atoms with Crippen LogP contribution in [-0.4, -0.2) is 21.0 Å². The normalized spacial score (nSPS) is 12.0. The van der Waals surface area contributed by atoms with Gasteiger partial charge in [-0.25, -0.2) is 4.98 Å². The molecule has 0 bridgehead atoms. The maximum Gasteiger partial charge on any atom is 0.258 e. The number of halogens is 1. The van der Waals surface area contributed by atoms with Crippen molar-refractivity contribution in [2.45, 2.75) is 6.23 Å². The van der Waals surface area contributed by atoms with Gasteiger partial charge in [-0.15, -0.1) is 0 Å². The number of nitrogens with zero attached hydrogens (tertiary/aromatic N) is 1. The Bertz CT molecular complexity index is 876. The van der Waals surface area contributed by atoms with E-state index in [1.807, 2.05) is 6.07 Å². The zero-order chi connectivity index (χ0) is 17.1. The molecule has 0 saturated carbocycles. The van der Waals surface area contributed by atoms with Gasteiger partial charge in [0.1, 0.15) is 6.23 Å². The molecular formula is C17H15ClN4O2. The standard InChI is InChI=1S/C17H15ClN4O2/c18-13-6-2-5-12(8-13)16(24)22-17-20-9-14(21-17)10-3-1-4-11(7-10)15(19)23/h1-9,15,23H,19H2,(H2,20,21,22,24). The van der Waals surface area contributed by atoms with E-state index in [4.69, 9.17) is 17.3 Å². The van der Waals surface area contributed by atoms with E-state index in [2.05, 4.69) is 15.3 Å². The summed E-state index contributed by atoms with van der Waals surface area (Å²) in [6, 6.07) is 13.8. The Morgan fingerprint density at radius 3 is 2.79 bits per heavy atom. The number of benzene rings is 2. The number of hydrogen-bond acceptors (Lipinski definition) is 4. The van der Waals surface area contributed by atoms with Crippen LogP contribution in [0, 0.1) is 0 Å². The number of carbonyl (C=O) groups excluding carboxylic acids is 1. The molecule has 1 atom stereocenters. The molecule has 122 valence electrons. The number of amides is 1. The summed E-state index contributed by atoms with van der Waals surface area (Å²) in [5.74, 6) is -0.00166. The SMILES string of the molecule is NC(O)c1cccc(-c2cnc(NC(=O)c3cccc(Cl)c3)[nH]2)c1. The van der Waals surface area contributed by atoms with Crippen molar-refractivity contribution in [2.24, 2.45) is 5.73 Å². The summed E-state index contributed by atoms with van der Waals surface area (Å²) in [7, 11) is 0. The van der Waals surface area contributed by atoms with Crippen molar-refractivity contribution in [3.05, 3.63) is 70.9 Å². The van der Waals surface area contributed by atoms with Gasteiger partial charge >= 0.3 is 0 Å². The fourth-order valence-electron chi connectivity index (χ4n) is 2.23. The van der Waals surface area contributed by atoms with Crippen LogP contribution in [0.4, 0.5) is 5.95 Å². The number of imidazole rings is 1. The zero-order valence-corrected chi connectivity index (χ0v) is 13.3. The number of nitrogens with two attached hydrogens (primary N) is 1. The molecule has 2 aromatic carbocycles. The van der Waals surface area contributed by atoms with Gasteiger partial charge in [-0.3, -0.25) is 10.1 Å². The molecule has 1 amide bonds. The summed E-state index contributed by atoms with van der Waals surface area (Å²) < 4.78 is 0. The molecular weight excluding hydrogens is 328 g/mol. The van der Waals surface area contributed by atoms with Crippen molar-refractivity contribution >= 4 is 23.5 Å². The lowest BCUT2D eigenvalue weighted by Crippen LogP contribution is -2.12. The monoisotopic (exact) mass is 342 g/mol. The van der Waals surface area contributed by atoms with Crippen LogP contribution in [0.2, 0.25) is 5.02 Å². The molecule has 3 aromatic rings. The van der Waals surface area contributed by atoms with Gasteiger partial charge in [0, 0.05) is 16.1 Å². The van der Waals surface area contributed by atoms with Crippen molar-refractivity contribution < 1.29 is 9.90 Å². The number of nitrogens with one attached hydrogen (secondary N) is 2. The molecule has 1 heterocycles. The predicted octanol–water partition coefficient (Wildman–Crippen LogP) is 2.93. The summed E-state index contributed by atoms with van der Waals surface area (Å²) in [5, 5.41) is 12.6. The third kappa shape index (κ3) is 3.62. The first kappa shape index (κ1) is 16.2. The third-order valence-corrected chi connectivity index (χ3v) is 3.67. The number of H-pyrrole nitrogens is 1. The molecule has 0 aliphatic carbocycles. The molecule has 0 aliphatic rings. The van der Waals surface area contributed by atoms with Crippen molar-refractivity contribution in [1.29, 1.82) is 0 Å². The Morgan fingerprint density at radius 1 is 1.25 bits per heavy atom. The van der Waals surface area contributed by atoms with E-state index in [9.17, 15) is 9.90 Å². The van der Waals surface area contributed by atoms with Gasteiger partial charge in [0.05, 0.1) is 11.9 Å². The van der Waals surface area contributed by atoms with E-state index in [1.54, 1.807) is 48.7 Å². The molecule has 6 nitrogen and oxygen atoms in total. The molecule has 7 heteroatoms. The third-order valence-electron chi connectivity index (χ3n) is 3.43. The van der Waals surface area contributed by atoms with Crippen LogP contribution in [0.25, 0.3) is 11.3 Å². The topological polar surface area (TPSA) is 104 Å². The molecule has 3 rings (SSSR count). The average Bonchev–Trinajstić information content (AvgIpc) is 3.03. The molecule has 24 heavy (non-hydrogen) atoms. The van der Waals surface area contributed by atoms with Crippen LogP contribution in [-0.2, 0) is 0 Å². The molecule has 1 unspecified atom stereocenters. The fraction of sp³-hybridized carbons (Fsp3) is 0.0588. The zero-order valence-electron chi connectivity index (χ0n) is 12.5. The van der Waals surface area contributed by atoms with Gasteiger partial charge in [0.15, 0.2) is 0 Å². The number of hydrogen-bond donors (Lipinski definition) is 4. The van der Waals surface area contributed by atoms with E-state index in [0.717, 1.165) is 5.56 Å². The molecule has 0 radical (unpaired) electrons. The Hall–Kier alpha value is -2.67. The molecule has 1 aromatic heterocycles. The van der Waals surface area contributed by atoms with Gasteiger partial charge in [0.25, 0.3) is 5.91 Å². The van der Waals surface area contributed by atoms with Crippen LogP contribution in [0.5, 0.6) is 0 Å². The number of rotatable bonds is 4. The maximum atomic E-state index is 12.2. The van der Waals surface area contributed by atoms with Crippen molar-refractivity contribution in [1.82, 2.24) is 9.97 Å². The van der Waals surface area contributed by atoms with E-state index in [-0.39, 0.29) is 5.91 Å². The van der Waals surface area contributed by atoms with Crippen molar-refractivity contribution in [3.63, 3.8) is 0 Å². The molecule has 0 saturated heterocycles. The molecule has 5 N–H and O–H groups in total. The highest BCUT2D eigenvalue weighted by Gasteiger charge is 2.10. The van der Waals surface area contributed by atoms with Gasteiger partial charge < -0.3 is 15.8 Å². The summed E-state index contributed by atoms with van der Waals surface area (Å²) in [6.45, 7) is 0. The van der Waals surface area contributed by atoms with Crippen LogP contribution >= 0.6 is 11.6 Å². The second-order valence-corrected chi connectivity index (χ2v) is 5.62. The van der Waals surface area contributed by atoms with Crippen LogP contribution < -0.4 is 11.1 Å². The minimum absolute atomic E-state index is 0.314. The van der Waals surface area contributed by atoms with Crippen LogP contribution in [0.15, 0.2) is 54.7 Å². The van der Waals surface area contributed by atoms with Gasteiger partial charge in [-0.1, -0.05) is 35.9 Å². The number of aliphatic hydroxyl groups excluding tert-OH is 1. The van der Waals surface area contributed by atoms with E-state index in [1.165, 1.54) is 0 Å². The summed E-state index contributed by atoms with van der Waals surface area (Å²) in [5.41, 5.74) is 7.99. The lowest BCUT2D eigenvalue weighted by atomic mass is 10.1. The minimum Gasteiger partial charge on any atom is -0.375 e. The highest BCUT2D eigenvalue weighted by Crippen LogP contribution is 2.22. The second kappa shape index (κ2) is 6.84. The highest BCUT2D eigenvalue weighted by atomic mass is 35.5. The molecule has 0 spiro atoms. The molecule has 0 fully saturated rings. The van der Waals surface area contributed by atoms with Crippen molar-refractivity contribution in [2.75, 3.05) is 5.32 Å². The summed E-state index contributed by atoms with van der Waals surface area (Å²) in [6.07, 6.45) is 0.546. The maximum absolute atomic E-state index is 12.2. The lowest BCUT2D eigenvalue weighted by molar-refractivity contribution is 0.102.